The van der Waals surface area contributed by atoms with E-state index in [4.69, 9.17) is 5.26 Å². The Kier molecular flexibility index (Phi) is 2.28. The molecular formula is C11H17N. The highest BCUT2D eigenvalue weighted by Gasteiger charge is 2.44. The fourth-order valence-electron chi connectivity index (χ4n) is 1.37. The summed E-state index contributed by atoms with van der Waals surface area (Å²) in [5, 5.41) is 8.83. The third-order valence-electron chi connectivity index (χ3n) is 2.72. The zero-order chi connectivity index (χ0) is 9.35. The zero-order valence-electron chi connectivity index (χ0n) is 8.39. The van der Waals surface area contributed by atoms with Gasteiger partial charge in [-0.2, -0.15) is 5.26 Å². The van der Waals surface area contributed by atoms with Gasteiger partial charge in [-0.05, 0) is 23.7 Å². The second kappa shape index (κ2) is 2.94. The van der Waals surface area contributed by atoms with E-state index in [9.17, 15) is 0 Å². The van der Waals surface area contributed by atoms with Crippen LogP contribution in [0.1, 0.15) is 34.1 Å². The molecule has 1 saturated carbocycles. The molecule has 66 valence electrons. The van der Waals surface area contributed by atoms with Gasteiger partial charge in [-0.15, -0.1) is 0 Å². The van der Waals surface area contributed by atoms with E-state index < -0.39 is 0 Å². The number of hydrogen-bond acceptors (Lipinski definition) is 1. The summed E-state index contributed by atoms with van der Waals surface area (Å²) in [5.74, 6) is 1.03. The Bertz CT molecular complexity index is 240. The summed E-state index contributed by atoms with van der Waals surface area (Å²) in [7, 11) is 0. The maximum absolute atomic E-state index is 8.83. The molecule has 1 aliphatic rings. The molecule has 0 radical (unpaired) electrons. The smallest absolute Gasteiger partial charge is 0.0946 e. The van der Waals surface area contributed by atoms with Gasteiger partial charge in [-0.25, -0.2) is 0 Å². The summed E-state index contributed by atoms with van der Waals surface area (Å²) in [5.41, 5.74) is 1.40. The van der Waals surface area contributed by atoms with E-state index in [1.54, 1.807) is 0 Å². The lowest BCUT2D eigenvalue weighted by Crippen LogP contribution is -1.94. The normalized spacial score (nSPS) is 27.0. The van der Waals surface area contributed by atoms with E-state index in [2.05, 4.69) is 39.8 Å². The van der Waals surface area contributed by atoms with Crippen LogP contribution in [0.2, 0.25) is 0 Å². The lowest BCUT2D eigenvalue weighted by Gasteiger charge is -2.02. The van der Waals surface area contributed by atoms with E-state index in [1.807, 2.05) is 0 Å². The Morgan fingerprint density at radius 3 is 2.33 bits per heavy atom. The molecule has 12 heavy (non-hydrogen) atoms. The van der Waals surface area contributed by atoms with Crippen molar-refractivity contribution in [1.82, 2.24) is 0 Å². The van der Waals surface area contributed by atoms with E-state index in [0.29, 0.717) is 17.3 Å². The first-order valence-corrected chi connectivity index (χ1v) is 4.59. The van der Waals surface area contributed by atoms with Crippen LogP contribution >= 0.6 is 0 Å². The van der Waals surface area contributed by atoms with E-state index in [0.717, 1.165) is 5.57 Å². The van der Waals surface area contributed by atoms with Crippen LogP contribution in [0.5, 0.6) is 0 Å². The lowest BCUT2D eigenvalue weighted by atomic mass is 10.0. The molecule has 1 nitrogen and oxygen atoms in total. The SMILES string of the molecule is CC(C)/C(C#N)=C\C1CC1(C)C. The lowest BCUT2D eigenvalue weighted by molar-refractivity contribution is 0.606. The molecule has 0 spiro atoms. The second-order valence-corrected chi connectivity index (χ2v) is 4.69. The minimum Gasteiger partial charge on any atom is -0.193 e. The summed E-state index contributed by atoms with van der Waals surface area (Å²) in [6.45, 7) is 8.65. The molecule has 1 fully saturated rings. The van der Waals surface area contributed by atoms with Gasteiger partial charge in [-0.1, -0.05) is 33.8 Å². The minimum absolute atomic E-state index is 0.381. The third kappa shape index (κ3) is 1.88. The molecule has 1 aliphatic carbocycles. The molecule has 0 bridgehead atoms. The van der Waals surface area contributed by atoms with Gasteiger partial charge in [0, 0.05) is 5.57 Å². The predicted octanol–water partition coefficient (Wildman–Crippen LogP) is 3.14. The van der Waals surface area contributed by atoms with E-state index >= 15 is 0 Å². The number of rotatable bonds is 2. The van der Waals surface area contributed by atoms with Crippen LogP contribution < -0.4 is 0 Å². The number of hydrogen-bond donors (Lipinski definition) is 0. The first-order valence-electron chi connectivity index (χ1n) is 4.59. The van der Waals surface area contributed by atoms with Gasteiger partial charge in [0.15, 0.2) is 0 Å². The first-order chi connectivity index (χ1) is 5.47. The largest absolute Gasteiger partial charge is 0.193 e. The Morgan fingerprint density at radius 1 is 1.58 bits per heavy atom. The van der Waals surface area contributed by atoms with Crippen molar-refractivity contribution < 1.29 is 0 Å². The van der Waals surface area contributed by atoms with Gasteiger partial charge in [0.25, 0.3) is 0 Å². The standard InChI is InChI=1S/C11H17N/c1-8(2)9(7-12)5-10-6-11(10,3)4/h5,8,10H,6H2,1-4H3/b9-5-. The van der Waals surface area contributed by atoms with Gasteiger partial charge >= 0.3 is 0 Å². The average molecular weight is 163 g/mol. The molecule has 0 N–H and O–H groups in total. The molecule has 0 heterocycles. The van der Waals surface area contributed by atoms with Gasteiger partial charge in [0.05, 0.1) is 6.07 Å². The summed E-state index contributed by atoms with van der Waals surface area (Å²) < 4.78 is 0. The Labute approximate surface area is 75.1 Å². The Morgan fingerprint density at radius 2 is 2.08 bits per heavy atom. The second-order valence-electron chi connectivity index (χ2n) is 4.69. The van der Waals surface area contributed by atoms with Crippen LogP contribution in [0.15, 0.2) is 11.6 Å². The third-order valence-corrected chi connectivity index (χ3v) is 2.72. The molecule has 1 unspecified atom stereocenters. The molecule has 0 saturated heterocycles. The van der Waals surface area contributed by atoms with Gasteiger partial charge in [0.1, 0.15) is 0 Å². The fraction of sp³-hybridized carbons (Fsp3) is 0.727. The fourth-order valence-corrected chi connectivity index (χ4v) is 1.37. The highest BCUT2D eigenvalue weighted by Crippen LogP contribution is 2.53. The molecule has 1 atom stereocenters. The van der Waals surface area contributed by atoms with Gasteiger partial charge in [0.2, 0.25) is 0 Å². The molecule has 0 aromatic carbocycles. The zero-order valence-corrected chi connectivity index (χ0v) is 8.39. The molecule has 1 rings (SSSR count). The summed E-state index contributed by atoms with van der Waals surface area (Å²) in [4.78, 5) is 0. The number of nitriles is 1. The van der Waals surface area contributed by atoms with Crippen molar-refractivity contribution in [2.45, 2.75) is 34.1 Å². The topological polar surface area (TPSA) is 23.8 Å². The van der Waals surface area contributed by atoms with Crippen LogP contribution in [0.25, 0.3) is 0 Å². The first kappa shape index (κ1) is 9.32. The molecule has 1 heteroatoms. The predicted molar refractivity (Wildman–Crippen MR) is 50.4 cm³/mol. The van der Waals surface area contributed by atoms with Gasteiger partial charge in [-0.3, -0.25) is 0 Å². The summed E-state index contributed by atoms with van der Waals surface area (Å²) in [6, 6.07) is 2.27. The van der Waals surface area contributed by atoms with Crippen molar-refractivity contribution in [3.63, 3.8) is 0 Å². The van der Waals surface area contributed by atoms with Crippen LogP contribution in [0, 0.1) is 28.6 Å². The highest BCUT2D eigenvalue weighted by atomic mass is 14.5. The average Bonchev–Trinajstić information content (AvgIpc) is 2.53. The summed E-state index contributed by atoms with van der Waals surface area (Å²) >= 11 is 0. The van der Waals surface area contributed by atoms with Crippen LogP contribution in [-0.4, -0.2) is 0 Å². The van der Waals surface area contributed by atoms with Crippen molar-refractivity contribution in [3.8, 4) is 6.07 Å². The van der Waals surface area contributed by atoms with Crippen molar-refractivity contribution in [2.75, 3.05) is 0 Å². The Hall–Kier alpha value is -0.770. The van der Waals surface area contributed by atoms with Crippen LogP contribution in [-0.2, 0) is 0 Å². The Balaban J connectivity index is 2.64. The van der Waals surface area contributed by atoms with Gasteiger partial charge < -0.3 is 0 Å². The molecular weight excluding hydrogens is 146 g/mol. The highest BCUT2D eigenvalue weighted by molar-refractivity contribution is 5.26. The quantitative estimate of drug-likeness (QED) is 0.574. The maximum Gasteiger partial charge on any atom is 0.0946 e. The van der Waals surface area contributed by atoms with Crippen LogP contribution in [0.3, 0.4) is 0 Å². The number of nitrogens with zero attached hydrogens (tertiary/aromatic N) is 1. The monoisotopic (exact) mass is 163 g/mol. The molecule has 0 aliphatic heterocycles. The van der Waals surface area contributed by atoms with Crippen molar-refractivity contribution in [1.29, 1.82) is 5.26 Å². The molecule has 0 aromatic heterocycles. The van der Waals surface area contributed by atoms with Crippen molar-refractivity contribution in [2.24, 2.45) is 17.3 Å². The van der Waals surface area contributed by atoms with Crippen molar-refractivity contribution >= 4 is 0 Å². The molecule has 0 amide bonds. The minimum atomic E-state index is 0.381. The maximum atomic E-state index is 8.83. The summed E-state index contributed by atoms with van der Waals surface area (Å²) in [6.07, 6.45) is 3.40. The molecule has 0 aromatic rings. The van der Waals surface area contributed by atoms with E-state index in [-0.39, 0.29) is 0 Å². The number of allylic oxidation sites excluding steroid dienone is 2. The van der Waals surface area contributed by atoms with Crippen molar-refractivity contribution in [3.05, 3.63) is 11.6 Å². The van der Waals surface area contributed by atoms with Crippen LogP contribution in [0.4, 0.5) is 0 Å². The van der Waals surface area contributed by atoms with E-state index in [1.165, 1.54) is 6.42 Å².